The van der Waals surface area contributed by atoms with E-state index in [0.717, 1.165) is 18.9 Å². The first-order valence-electron chi connectivity index (χ1n) is 7.23. The van der Waals surface area contributed by atoms with Gasteiger partial charge in [0.05, 0.1) is 6.07 Å². The summed E-state index contributed by atoms with van der Waals surface area (Å²) >= 11 is 0. The predicted molar refractivity (Wildman–Crippen MR) is 69.7 cm³/mol. The van der Waals surface area contributed by atoms with Crippen molar-refractivity contribution in [3.8, 4) is 6.07 Å². The van der Waals surface area contributed by atoms with Crippen molar-refractivity contribution < 1.29 is 0 Å². The molecule has 3 nitrogen and oxygen atoms in total. The van der Waals surface area contributed by atoms with Crippen LogP contribution in [0.1, 0.15) is 44.9 Å². The van der Waals surface area contributed by atoms with Gasteiger partial charge in [-0.25, -0.2) is 0 Å². The molecule has 2 fully saturated rings. The fraction of sp³-hybridized carbons (Fsp3) is 0.929. The topological polar surface area (TPSA) is 30.3 Å². The van der Waals surface area contributed by atoms with Crippen molar-refractivity contribution in [2.45, 2.75) is 51.0 Å². The molecular formula is C14H25N3. The lowest BCUT2D eigenvalue weighted by molar-refractivity contribution is 0.0969. The molecule has 3 heteroatoms. The van der Waals surface area contributed by atoms with Gasteiger partial charge in [-0.3, -0.25) is 4.90 Å². The van der Waals surface area contributed by atoms with Crippen molar-refractivity contribution in [2.24, 2.45) is 0 Å². The van der Waals surface area contributed by atoms with Crippen molar-refractivity contribution in [3.63, 3.8) is 0 Å². The minimum Gasteiger partial charge on any atom is -0.301 e. The normalized spacial score (nSPS) is 23.9. The van der Waals surface area contributed by atoms with E-state index < -0.39 is 0 Å². The quantitative estimate of drug-likeness (QED) is 0.685. The lowest BCUT2D eigenvalue weighted by atomic mass is 10.1. The molecule has 0 spiro atoms. The molecule has 1 saturated carbocycles. The van der Waals surface area contributed by atoms with Crippen LogP contribution in [0.15, 0.2) is 0 Å². The Labute approximate surface area is 105 Å². The first-order chi connectivity index (χ1) is 8.40. The Morgan fingerprint density at radius 1 is 1.00 bits per heavy atom. The van der Waals surface area contributed by atoms with Crippen molar-refractivity contribution in [3.05, 3.63) is 0 Å². The standard InChI is InChI=1S/C14H25N3/c15-8-4-1-5-9-16-10-12-17(13-11-16)14-6-2-3-7-14/h14H,1-7,9-13H2. The summed E-state index contributed by atoms with van der Waals surface area (Å²) in [7, 11) is 0. The van der Waals surface area contributed by atoms with Crippen molar-refractivity contribution >= 4 is 0 Å². The molecule has 0 N–H and O–H groups in total. The van der Waals surface area contributed by atoms with E-state index in [2.05, 4.69) is 15.9 Å². The van der Waals surface area contributed by atoms with Gasteiger partial charge in [0.1, 0.15) is 0 Å². The molecule has 96 valence electrons. The summed E-state index contributed by atoms with van der Waals surface area (Å²) in [5.74, 6) is 0. The van der Waals surface area contributed by atoms with Gasteiger partial charge in [-0.2, -0.15) is 5.26 Å². The average Bonchev–Trinajstić information content (AvgIpc) is 2.89. The fourth-order valence-electron chi connectivity index (χ4n) is 3.16. The summed E-state index contributed by atoms with van der Waals surface area (Å²) < 4.78 is 0. The summed E-state index contributed by atoms with van der Waals surface area (Å²) in [6, 6.07) is 3.12. The van der Waals surface area contributed by atoms with Crippen LogP contribution in [0.2, 0.25) is 0 Å². The maximum absolute atomic E-state index is 8.49. The third-order valence-electron chi connectivity index (χ3n) is 4.26. The van der Waals surface area contributed by atoms with E-state index in [0.29, 0.717) is 0 Å². The Morgan fingerprint density at radius 3 is 2.35 bits per heavy atom. The van der Waals surface area contributed by atoms with E-state index >= 15 is 0 Å². The van der Waals surface area contributed by atoms with Crippen LogP contribution in [0.3, 0.4) is 0 Å². The van der Waals surface area contributed by atoms with Crippen LogP contribution in [0.5, 0.6) is 0 Å². The lowest BCUT2D eigenvalue weighted by Gasteiger charge is -2.38. The zero-order valence-corrected chi connectivity index (χ0v) is 10.9. The second-order valence-electron chi connectivity index (χ2n) is 5.43. The van der Waals surface area contributed by atoms with E-state index in [1.165, 1.54) is 64.8 Å². The molecule has 1 saturated heterocycles. The summed E-state index contributed by atoms with van der Waals surface area (Å²) in [6.07, 6.45) is 8.74. The molecule has 0 amide bonds. The van der Waals surface area contributed by atoms with Gasteiger partial charge in [-0.1, -0.05) is 12.8 Å². The Hall–Kier alpha value is -0.590. The lowest BCUT2D eigenvalue weighted by Crippen LogP contribution is -2.49. The van der Waals surface area contributed by atoms with Crippen molar-refractivity contribution in [2.75, 3.05) is 32.7 Å². The van der Waals surface area contributed by atoms with E-state index in [1.54, 1.807) is 0 Å². The number of nitrogens with zero attached hydrogens (tertiary/aromatic N) is 3. The summed E-state index contributed by atoms with van der Waals surface area (Å²) in [5.41, 5.74) is 0. The molecule has 0 bridgehead atoms. The number of hydrogen-bond donors (Lipinski definition) is 0. The molecule has 1 heterocycles. The van der Waals surface area contributed by atoms with E-state index in [4.69, 9.17) is 5.26 Å². The highest BCUT2D eigenvalue weighted by Gasteiger charge is 2.25. The Balaban J connectivity index is 1.59. The van der Waals surface area contributed by atoms with Gasteiger partial charge in [0.15, 0.2) is 0 Å². The van der Waals surface area contributed by atoms with E-state index in [9.17, 15) is 0 Å². The Morgan fingerprint density at radius 2 is 1.71 bits per heavy atom. The molecule has 0 aromatic heterocycles. The highest BCUT2D eigenvalue weighted by molar-refractivity contribution is 4.82. The third-order valence-corrected chi connectivity index (χ3v) is 4.26. The monoisotopic (exact) mass is 235 g/mol. The van der Waals surface area contributed by atoms with Gasteiger partial charge in [0.2, 0.25) is 0 Å². The maximum Gasteiger partial charge on any atom is 0.0621 e. The van der Waals surface area contributed by atoms with Crippen LogP contribution in [0, 0.1) is 11.3 Å². The van der Waals surface area contributed by atoms with Gasteiger partial charge in [0.25, 0.3) is 0 Å². The molecule has 0 atom stereocenters. The summed E-state index contributed by atoms with van der Waals surface area (Å²) in [4.78, 5) is 5.28. The number of piperazine rings is 1. The highest BCUT2D eigenvalue weighted by atomic mass is 15.3. The second kappa shape index (κ2) is 6.98. The summed E-state index contributed by atoms with van der Waals surface area (Å²) in [6.45, 7) is 6.21. The van der Waals surface area contributed by atoms with Gasteiger partial charge in [0, 0.05) is 38.6 Å². The molecule has 2 rings (SSSR count). The minimum absolute atomic E-state index is 0.724. The molecule has 0 aromatic rings. The molecule has 0 unspecified atom stereocenters. The predicted octanol–water partition coefficient (Wildman–Crippen LogP) is 2.24. The van der Waals surface area contributed by atoms with Gasteiger partial charge in [-0.05, 0) is 32.2 Å². The molecule has 0 aromatic carbocycles. The van der Waals surface area contributed by atoms with E-state index in [1.807, 2.05) is 0 Å². The molecule has 1 aliphatic carbocycles. The first-order valence-corrected chi connectivity index (χ1v) is 7.23. The number of nitriles is 1. The molecule has 0 radical (unpaired) electrons. The van der Waals surface area contributed by atoms with Crippen molar-refractivity contribution in [1.29, 1.82) is 5.26 Å². The van der Waals surface area contributed by atoms with Crippen LogP contribution in [-0.4, -0.2) is 48.6 Å². The zero-order chi connectivity index (χ0) is 11.9. The van der Waals surface area contributed by atoms with Crippen molar-refractivity contribution in [1.82, 2.24) is 9.80 Å². The molecule has 1 aliphatic heterocycles. The zero-order valence-electron chi connectivity index (χ0n) is 10.9. The molecular weight excluding hydrogens is 210 g/mol. The smallest absolute Gasteiger partial charge is 0.0621 e. The van der Waals surface area contributed by atoms with Crippen LogP contribution in [-0.2, 0) is 0 Å². The number of hydrogen-bond acceptors (Lipinski definition) is 3. The molecule has 17 heavy (non-hydrogen) atoms. The third kappa shape index (κ3) is 3.97. The Kier molecular flexibility index (Phi) is 5.28. The van der Waals surface area contributed by atoms with E-state index in [-0.39, 0.29) is 0 Å². The number of unbranched alkanes of at least 4 members (excludes halogenated alkanes) is 2. The molecule has 2 aliphatic rings. The first kappa shape index (κ1) is 12.9. The maximum atomic E-state index is 8.49. The largest absolute Gasteiger partial charge is 0.301 e. The van der Waals surface area contributed by atoms with Gasteiger partial charge >= 0.3 is 0 Å². The summed E-state index contributed by atoms with van der Waals surface area (Å²) in [5, 5.41) is 8.49. The van der Waals surface area contributed by atoms with Crippen LogP contribution in [0.25, 0.3) is 0 Å². The fourth-order valence-corrected chi connectivity index (χ4v) is 3.16. The van der Waals surface area contributed by atoms with Gasteiger partial charge in [-0.15, -0.1) is 0 Å². The van der Waals surface area contributed by atoms with Crippen LogP contribution >= 0.6 is 0 Å². The van der Waals surface area contributed by atoms with Crippen LogP contribution in [0.4, 0.5) is 0 Å². The SMILES string of the molecule is N#CCCCCN1CCN(C2CCCC2)CC1. The minimum atomic E-state index is 0.724. The van der Waals surface area contributed by atoms with Crippen LogP contribution < -0.4 is 0 Å². The Bertz CT molecular complexity index is 245. The number of rotatable bonds is 5. The highest BCUT2D eigenvalue weighted by Crippen LogP contribution is 2.24. The second-order valence-corrected chi connectivity index (χ2v) is 5.43. The van der Waals surface area contributed by atoms with Gasteiger partial charge < -0.3 is 4.90 Å². The average molecular weight is 235 g/mol.